The average Bonchev–Trinajstić information content (AvgIpc) is 3.30. The Labute approximate surface area is 179 Å². The standard InChI is InChI=1S/C24H23N3O4/c1-2-31-24(30)15-7-9-16(10-8-15)27-22(28)13-21(23(27)29)26-12-11-20-18(14-26)17-5-3-4-6-19(17)25-20/h3-10,21,25H,2,11-14H2,1H3. The smallest absolute Gasteiger partial charge is 0.338 e. The van der Waals surface area contributed by atoms with Crippen molar-refractivity contribution < 1.29 is 19.1 Å². The van der Waals surface area contributed by atoms with E-state index in [4.69, 9.17) is 4.74 Å². The Morgan fingerprint density at radius 2 is 1.90 bits per heavy atom. The molecule has 2 aliphatic heterocycles. The number of carbonyl (C=O) groups is 3. The van der Waals surface area contributed by atoms with E-state index >= 15 is 0 Å². The van der Waals surface area contributed by atoms with E-state index in [0.717, 1.165) is 18.5 Å². The van der Waals surface area contributed by atoms with Crippen LogP contribution in [-0.2, 0) is 27.3 Å². The third kappa shape index (κ3) is 3.31. The summed E-state index contributed by atoms with van der Waals surface area (Å²) in [5.74, 6) is -0.852. The number of anilines is 1. The summed E-state index contributed by atoms with van der Waals surface area (Å²) in [4.78, 5) is 44.6. The summed E-state index contributed by atoms with van der Waals surface area (Å²) in [6.07, 6.45) is 0.979. The Kier molecular flexibility index (Phi) is 4.82. The Morgan fingerprint density at radius 3 is 2.68 bits per heavy atom. The molecule has 1 unspecified atom stereocenters. The number of carbonyl (C=O) groups excluding carboxylic acids is 3. The van der Waals surface area contributed by atoms with Crippen molar-refractivity contribution in [2.24, 2.45) is 0 Å². The van der Waals surface area contributed by atoms with Crippen molar-refractivity contribution >= 4 is 34.4 Å². The number of esters is 1. The van der Waals surface area contributed by atoms with Crippen molar-refractivity contribution in [3.63, 3.8) is 0 Å². The molecule has 0 radical (unpaired) electrons. The van der Waals surface area contributed by atoms with Crippen LogP contribution in [0, 0.1) is 0 Å². The first-order valence-electron chi connectivity index (χ1n) is 10.5. The lowest BCUT2D eigenvalue weighted by atomic mass is 10.0. The molecule has 1 aromatic heterocycles. The zero-order chi connectivity index (χ0) is 21.5. The summed E-state index contributed by atoms with van der Waals surface area (Å²) < 4.78 is 4.99. The second kappa shape index (κ2) is 7.67. The predicted molar refractivity (Wildman–Crippen MR) is 116 cm³/mol. The fourth-order valence-electron chi connectivity index (χ4n) is 4.59. The van der Waals surface area contributed by atoms with Crippen LogP contribution >= 0.6 is 0 Å². The summed E-state index contributed by atoms with van der Waals surface area (Å²) in [6.45, 7) is 3.39. The zero-order valence-corrected chi connectivity index (χ0v) is 17.3. The van der Waals surface area contributed by atoms with E-state index in [1.807, 2.05) is 12.1 Å². The predicted octanol–water partition coefficient (Wildman–Crippen LogP) is 3.03. The highest BCUT2D eigenvalue weighted by molar-refractivity contribution is 6.22. The van der Waals surface area contributed by atoms with Gasteiger partial charge in [0.1, 0.15) is 0 Å². The number of hydrogen-bond donors (Lipinski definition) is 1. The lowest BCUT2D eigenvalue weighted by molar-refractivity contribution is -0.123. The van der Waals surface area contributed by atoms with Crippen LogP contribution in [0.2, 0.25) is 0 Å². The number of para-hydroxylation sites is 1. The van der Waals surface area contributed by atoms with Gasteiger partial charge in [0.25, 0.3) is 5.91 Å². The number of nitrogens with one attached hydrogen (secondary N) is 1. The summed E-state index contributed by atoms with van der Waals surface area (Å²) in [5.41, 5.74) is 4.39. The molecule has 0 saturated carbocycles. The van der Waals surface area contributed by atoms with Crippen molar-refractivity contribution in [3.05, 3.63) is 65.4 Å². The van der Waals surface area contributed by atoms with Crippen LogP contribution in [0.3, 0.4) is 0 Å². The second-order valence-corrected chi connectivity index (χ2v) is 7.90. The van der Waals surface area contributed by atoms with Gasteiger partial charge in [0.2, 0.25) is 5.91 Å². The van der Waals surface area contributed by atoms with Crippen molar-refractivity contribution in [2.45, 2.75) is 32.4 Å². The number of ether oxygens (including phenoxy) is 1. The molecule has 7 heteroatoms. The highest BCUT2D eigenvalue weighted by Crippen LogP contribution is 2.32. The number of hydrogen-bond acceptors (Lipinski definition) is 5. The van der Waals surface area contributed by atoms with Crippen LogP contribution < -0.4 is 4.90 Å². The highest BCUT2D eigenvalue weighted by Gasteiger charge is 2.43. The minimum Gasteiger partial charge on any atom is -0.462 e. The molecule has 0 spiro atoms. The lowest BCUT2D eigenvalue weighted by Gasteiger charge is -2.31. The van der Waals surface area contributed by atoms with Crippen LogP contribution in [0.1, 0.15) is 35.0 Å². The van der Waals surface area contributed by atoms with E-state index < -0.39 is 12.0 Å². The number of rotatable bonds is 4. The van der Waals surface area contributed by atoms with Gasteiger partial charge in [-0.1, -0.05) is 18.2 Å². The van der Waals surface area contributed by atoms with Gasteiger partial charge in [-0.15, -0.1) is 0 Å². The summed E-state index contributed by atoms with van der Waals surface area (Å²) in [7, 11) is 0. The van der Waals surface area contributed by atoms with Gasteiger partial charge in [0.05, 0.1) is 30.3 Å². The molecular weight excluding hydrogens is 394 g/mol. The largest absolute Gasteiger partial charge is 0.462 e. The Morgan fingerprint density at radius 1 is 1.13 bits per heavy atom. The number of fused-ring (bicyclic) bond motifs is 3. The molecule has 2 aliphatic rings. The van der Waals surface area contributed by atoms with Gasteiger partial charge in [-0.3, -0.25) is 14.5 Å². The minimum atomic E-state index is -0.473. The molecule has 1 atom stereocenters. The topological polar surface area (TPSA) is 82.7 Å². The van der Waals surface area contributed by atoms with Crippen LogP contribution in [0.25, 0.3) is 10.9 Å². The molecule has 1 N–H and O–H groups in total. The third-order valence-corrected chi connectivity index (χ3v) is 6.11. The van der Waals surface area contributed by atoms with Crippen molar-refractivity contribution in [2.75, 3.05) is 18.1 Å². The Balaban J connectivity index is 1.36. The maximum absolute atomic E-state index is 13.2. The molecule has 31 heavy (non-hydrogen) atoms. The zero-order valence-electron chi connectivity index (χ0n) is 17.3. The first-order valence-corrected chi connectivity index (χ1v) is 10.5. The van der Waals surface area contributed by atoms with Gasteiger partial charge < -0.3 is 9.72 Å². The lowest BCUT2D eigenvalue weighted by Crippen LogP contribution is -2.44. The van der Waals surface area contributed by atoms with Gasteiger partial charge >= 0.3 is 5.97 Å². The molecule has 5 rings (SSSR count). The Hall–Kier alpha value is -3.45. The molecule has 2 aromatic carbocycles. The van der Waals surface area contributed by atoms with E-state index in [0.29, 0.717) is 24.4 Å². The number of aromatic nitrogens is 1. The first-order chi connectivity index (χ1) is 15.1. The fourth-order valence-corrected chi connectivity index (χ4v) is 4.59. The van der Waals surface area contributed by atoms with E-state index in [9.17, 15) is 14.4 Å². The van der Waals surface area contributed by atoms with E-state index in [1.54, 1.807) is 31.2 Å². The van der Waals surface area contributed by atoms with Gasteiger partial charge in [-0.25, -0.2) is 9.69 Å². The molecule has 3 heterocycles. The molecule has 0 aliphatic carbocycles. The number of H-pyrrole nitrogens is 1. The van der Waals surface area contributed by atoms with Crippen molar-refractivity contribution in [3.8, 4) is 0 Å². The van der Waals surface area contributed by atoms with Gasteiger partial charge in [0, 0.05) is 36.1 Å². The summed E-state index contributed by atoms with van der Waals surface area (Å²) in [5, 5.41) is 1.17. The monoisotopic (exact) mass is 417 g/mol. The maximum Gasteiger partial charge on any atom is 0.338 e. The molecular formula is C24H23N3O4. The Bertz CT molecular complexity index is 1180. The summed E-state index contributed by atoms with van der Waals surface area (Å²) in [6, 6.07) is 14.1. The molecule has 2 amide bonds. The second-order valence-electron chi connectivity index (χ2n) is 7.90. The van der Waals surface area contributed by atoms with Crippen LogP contribution in [0.4, 0.5) is 5.69 Å². The number of benzene rings is 2. The van der Waals surface area contributed by atoms with Gasteiger partial charge in [-0.05, 0) is 42.8 Å². The number of nitrogens with zero attached hydrogens (tertiary/aromatic N) is 2. The molecule has 0 bridgehead atoms. The fraction of sp³-hybridized carbons (Fsp3) is 0.292. The maximum atomic E-state index is 13.2. The molecule has 3 aromatic rings. The highest BCUT2D eigenvalue weighted by atomic mass is 16.5. The minimum absolute atomic E-state index is 0.163. The van der Waals surface area contributed by atoms with E-state index in [-0.39, 0.29) is 18.2 Å². The number of amides is 2. The van der Waals surface area contributed by atoms with Crippen LogP contribution in [-0.4, -0.2) is 46.9 Å². The van der Waals surface area contributed by atoms with Gasteiger partial charge in [0.15, 0.2) is 0 Å². The van der Waals surface area contributed by atoms with Crippen LogP contribution in [0.5, 0.6) is 0 Å². The SMILES string of the molecule is CCOC(=O)c1ccc(N2C(=O)CC(N3CCc4[nH]c5ccccc5c4C3)C2=O)cc1. The number of imide groups is 1. The van der Waals surface area contributed by atoms with Crippen LogP contribution in [0.15, 0.2) is 48.5 Å². The average molecular weight is 417 g/mol. The van der Waals surface area contributed by atoms with Gasteiger partial charge in [-0.2, -0.15) is 0 Å². The molecule has 7 nitrogen and oxygen atoms in total. The normalized spacial score (nSPS) is 19.1. The third-order valence-electron chi connectivity index (χ3n) is 6.11. The quantitative estimate of drug-likeness (QED) is 0.521. The first kappa shape index (κ1) is 19.5. The summed E-state index contributed by atoms with van der Waals surface area (Å²) >= 11 is 0. The van der Waals surface area contributed by atoms with Crippen molar-refractivity contribution in [1.29, 1.82) is 0 Å². The number of aromatic amines is 1. The molecule has 158 valence electrons. The molecule has 1 fully saturated rings. The molecule has 1 saturated heterocycles. The van der Waals surface area contributed by atoms with E-state index in [2.05, 4.69) is 22.0 Å². The van der Waals surface area contributed by atoms with E-state index in [1.165, 1.54) is 21.5 Å². The van der Waals surface area contributed by atoms with Crippen molar-refractivity contribution in [1.82, 2.24) is 9.88 Å².